The Balaban J connectivity index is 2.11. The number of rotatable bonds is 0. The predicted molar refractivity (Wildman–Crippen MR) is 41.7 cm³/mol. The molecule has 0 amide bonds. The summed E-state index contributed by atoms with van der Waals surface area (Å²) in [7, 11) is 2.20. The van der Waals surface area contributed by atoms with Gasteiger partial charge in [0.1, 0.15) is 0 Å². The fraction of sp³-hybridized carbons (Fsp3) is 1.00. The SMILES string of the molecule is CN1C[C@H]2CC[C@@H]1[C@H](N)C2. The number of piperidine rings is 2. The first kappa shape index (κ1) is 6.62. The van der Waals surface area contributed by atoms with Gasteiger partial charge >= 0.3 is 0 Å². The standard InChI is InChI=1S/C8H16N2/c1-10-5-6-2-3-8(10)7(9)4-6/h6-8H,2-5,9H2,1H3/t6-,7+,8+/m0/s1. The molecule has 0 aromatic heterocycles. The van der Waals surface area contributed by atoms with Crippen LogP contribution in [0.25, 0.3) is 0 Å². The van der Waals surface area contributed by atoms with Crippen molar-refractivity contribution in [2.24, 2.45) is 11.7 Å². The average Bonchev–Trinajstić information content (AvgIpc) is 1.86. The molecule has 3 fully saturated rings. The Bertz CT molecular complexity index is 123. The monoisotopic (exact) mass is 140 g/mol. The summed E-state index contributed by atoms with van der Waals surface area (Å²) >= 11 is 0. The van der Waals surface area contributed by atoms with Crippen molar-refractivity contribution in [3.8, 4) is 0 Å². The van der Waals surface area contributed by atoms with E-state index < -0.39 is 0 Å². The number of nitrogens with zero attached hydrogens (tertiary/aromatic N) is 1. The molecule has 58 valence electrons. The maximum absolute atomic E-state index is 5.97. The molecule has 1 aliphatic carbocycles. The van der Waals surface area contributed by atoms with Gasteiger partial charge in [0.15, 0.2) is 0 Å². The van der Waals surface area contributed by atoms with Gasteiger partial charge in [-0.05, 0) is 32.2 Å². The highest BCUT2D eigenvalue weighted by Crippen LogP contribution is 2.32. The molecular weight excluding hydrogens is 124 g/mol. The van der Waals surface area contributed by atoms with Crippen molar-refractivity contribution < 1.29 is 0 Å². The third-order valence-electron chi connectivity index (χ3n) is 3.08. The normalized spacial score (nSPS) is 48.0. The van der Waals surface area contributed by atoms with Crippen molar-refractivity contribution in [2.75, 3.05) is 13.6 Å². The molecule has 0 aromatic rings. The van der Waals surface area contributed by atoms with Gasteiger partial charge in [-0.2, -0.15) is 0 Å². The lowest BCUT2D eigenvalue weighted by molar-refractivity contribution is 0.0542. The summed E-state index contributed by atoms with van der Waals surface area (Å²) in [5.41, 5.74) is 5.97. The van der Waals surface area contributed by atoms with Crippen LogP contribution in [0.5, 0.6) is 0 Å². The van der Waals surface area contributed by atoms with Gasteiger partial charge in [-0.15, -0.1) is 0 Å². The first-order valence-corrected chi connectivity index (χ1v) is 4.23. The molecule has 2 bridgehead atoms. The van der Waals surface area contributed by atoms with Crippen molar-refractivity contribution in [3.63, 3.8) is 0 Å². The van der Waals surface area contributed by atoms with Crippen LogP contribution in [0.1, 0.15) is 19.3 Å². The second-order valence-corrected chi connectivity index (χ2v) is 3.85. The van der Waals surface area contributed by atoms with Gasteiger partial charge in [0.2, 0.25) is 0 Å². The van der Waals surface area contributed by atoms with Gasteiger partial charge in [-0.25, -0.2) is 0 Å². The molecule has 2 saturated heterocycles. The molecule has 3 aliphatic rings. The summed E-state index contributed by atoms with van der Waals surface area (Å²) in [5.74, 6) is 0.907. The number of hydrogen-bond acceptors (Lipinski definition) is 2. The Morgan fingerprint density at radius 2 is 2.20 bits per heavy atom. The summed E-state index contributed by atoms with van der Waals surface area (Å²) in [6.45, 7) is 1.29. The first-order valence-electron chi connectivity index (χ1n) is 4.23. The van der Waals surface area contributed by atoms with Crippen LogP contribution in [-0.2, 0) is 0 Å². The summed E-state index contributed by atoms with van der Waals surface area (Å²) in [4.78, 5) is 2.43. The quantitative estimate of drug-likeness (QED) is 0.528. The molecule has 10 heavy (non-hydrogen) atoms. The van der Waals surface area contributed by atoms with Gasteiger partial charge < -0.3 is 10.6 Å². The van der Waals surface area contributed by atoms with Crippen LogP contribution in [0.2, 0.25) is 0 Å². The molecule has 2 N–H and O–H groups in total. The molecule has 0 unspecified atom stereocenters. The third kappa shape index (κ3) is 0.867. The molecule has 2 heteroatoms. The highest BCUT2D eigenvalue weighted by molar-refractivity contribution is 4.94. The van der Waals surface area contributed by atoms with Crippen LogP contribution in [0.15, 0.2) is 0 Å². The third-order valence-corrected chi connectivity index (χ3v) is 3.08. The Morgan fingerprint density at radius 1 is 1.40 bits per heavy atom. The summed E-state index contributed by atoms with van der Waals surface area (Å²) in [6, 6.07) is 1.17. The van der Waals surface area contributed by atoms with Gasteiger partial charge in [0, 0.05) is 18.6 Å². The highest BCUT2D eigenvalue weighted by Gasteiger charge is 2.36. The summed E-state index contributed by atoms with van der Waals surface area (Å²) in [6.07, 6.45) is 4.03. The van der Waals surface area contributed by atoms with Gasteiger partial charge in [-0.1, -0.05) is 0 Å². The van der Waals surface area contributed by atoms with E-state index in [2.05, 4.69) is 11.9 Å². The Labute approximate surface area is 62.4 Å². The van der Waals surface area contributed by atoms with Crippen LogP contribution >= 0.6 is 0 Å². The Hall–Kier alpha value is -0.0800. The van der Waals surface area contributed by atoms with E-state index in [4.69, 9.17) is 5.73 Å². The van der Waals surface area contributed by atoms with Crippen molar-refractivity contribution in [2.45, 2.75) is 31.3 Å². The highest BCUT2D eigenvalue weighted by atomic mass is 15.2. The van der Waals surface area contributed by atoms with E-state index in [0.29, 0.717) is 12.1 Å². The van der Waals surface area contributed by atoms with Crippen molar-refractivity contribution in [3.05, 3.63) is 0 Å². The van der Waals surface area contributed by atoms with Crippen LogP contribution in [-0.4, -0.2) is 30.6 Å². The maximum atomic E-state index is 5.97. The molecule has 0 aromatic carbocycles. The predicted octanol–water partition coefficient (Wildman–Crippen LogP) is 0.428. The minimum absolute atomic E-state index is 0.470. The van der Waals surface area contributed by atoms with E-state index in [1.165, 1.54) is 25.8 Å². The molecule has 3 atom stereocenters. The molecule has 1 saturated carbocycles. The first-order chi connectivity index (χ1) is 4.77. The number of nitrogens with two attached hydrogens (primary N) is 1. The lowest BCUT2D eigenvalue weighted by atomic mass is 9.77. The smallest absolute Gasteiger partial charge is 0.0244 e. The van der Waals surface area contributed by atoms with E-state index in [9.17, 15) is 0 Å². The molecular formula is C8H16N2. The molecule has 2 nitrogen and oxygen atoms in total. The summed E-state index contributed by atoms with van der Waals surface area (Å²) in [5, 5.41) is 0. The lowest BCUT2D eigenvalue weighted by Crippen LogP contribution is -2.57. The fourth-order valence-corrected chi connectivity index (χ4v) is 2.54. The maximum Gasteiger partial charge on any atom is 0.0244 e. The number of hydrogen-bond donors (Lipinski definition) is 1. The van der Waals surface area contributed by atoms with Crippen molar-refractivity contribution >= 4 is 0 Å². The van der Waals surface area contributed by atoms with E-state index in [1.54, 1.807) is 0 Å². The molecule has 0 spiro atoms. The van der Waals surface area contributed by atoms with E-state index in [1.807, 2.05) is 0 Å². The molecule has 0 radical (unpaired) electrons. The van der Waals surface area contributed by atoms with Gasteiger partial charge in [0.05, 0.1) is 0 Å². The number of fused-ring (bicyclic) bond motifs is 3. The second-order valence-electron chi connectivity index (χ2n) is 3.85. The van der Waals surface area contributed by atoms with Crippen LogP contribution in [0.3, 0.4) is 0 Å². The van der Waals surface area contributed by atoms with E-state index in [-0.39, 0.29) is 0 Å². The fourth-order valence-electron chi connectivity index (χ4n) is 2.54. The Kier molecular flexibility index (Phi) is 1.46. The van der Waals surface area contributed by atoms with Crippen LogP contribution in [0, 0.1) is 5.92 Å². The van der Waals surface area contributed by atoms with Crippen LogP contribution < -0.4 is 5.73 Å². The van der Waals surface area contributed by atoms with E-state index >= 15 is 0 Å². The van der Waals surface area contributed by atoms with E-state index in [0.717, 1.165) is 5.92 Å². The zero-order valence-corrected chi connectivity index (χ0v) is 6.59. The second kappa shape index (κ2) is 2.21. The minimum atomic E-state index is 0.470. The zero-order chi connectivity index (χ0) is 7.14. The largest absolute Gasteiger partial charge is 0.326 e. The van der Waals surface area contributed by atoms with Crippen molar-refractivity contribution in [1.82, 2.24) is 4.90 Å². The van der Waals surface area contributed by atoms with Gasteiger partial charge in [-0.3, -0.25) is 0 Å². The molecule has 3 rings (SSSR count). The van der Waals surface area contributed by atoms with Gasteiger partial charge in [0.25, 0.3) is 0 Å². The molecule has 2 heterocycles. The topological polar surface area (TPSA) is 29.3 Å². The Morgan fingerprint density at radius 3 is 2.60 bits per heavy atom. The lowest BCUT2D eigenvalue weighted by Gasteiger charge is -2.47. The summed E-state index contributed by atoms with van der Waals surface area (Å²) < 4.78 is 0. The number of likely N-dealkylation sites (N-methyl/N-ethyl adjacent to an activating group) is 1. The molecule has 2 aliphatic heterocycles. The minimum Gasteiger partial charge on any atom is -0.326 e. The van der Waals surface area contributed by atoms with Crippen LogP contribution in [0.4, 0.5) is 0 Å². The zero-order valence-electron chi connectivity index (χ0n) is 6.59. The van der Waals surface area contributed by atoms with Crippen molar-refractivity contribution in [1.29, 1.82) is 0 Å². The average molecular weight is 140 g/mol.